The fourth-order valence-corrected chi connectivity index (χ4v) is 1.52. The van der Waals surface area contributed by atoms with E-state index in [2.05, 4.69) is 0 Å². The highest BCUT2D eigenvalue weighted by Crippen LogP contribution is 2.48. The molecule has 0 heterocycles. The molecule has 0 unspecified atom stereocenters. The van der Waals surface area contributed by atoms with E-state index in [1.54, 1.807) is 7.11 Å². The maximum absolute atomic E-state index is 10.6. The van der Waals surface area contributed by atoms with E-state index in [0.29, 0.717) is 33.0 Å². The first-order valence-electron chi connectivity index (χ1n) is 5.55. The van der Waals surface area contributed by atoms with E-state index in [1.165, 1.54) is 0 Å². The molecule has 1 rings (SSSR count). The van der Waals surface area contributed by atoms with Gasteiger partial charge in [-0.15, -0.1) is 0 Å². The molecule has 16 heavy (non-hydrogen) atoms. The highest BCUT2D eigenvalue weighted by atomic mass is 16.5. The molecule has 94 valence electrons. The molecule has 1 aliphatic carbocycles. The van der Waals surface area contributed by atoms with Crippen molar-refractivity contribution in [1.82, 2.24) is 0 Å². The van der Waals surface area contributed by atoms with Crippen molar-refractivity contribution in [1.29, 1.82) is 0 Å². The summed E-state index contributed by atoms with van der Waals surface area (Å²) < 4.78 is 15.5. The minimum absolute atomic E-state index is 0.0850. The van der Waals surface area contributed by atoms with Gasteiger partial charge in [-0.1, -0.05) is 0 Å². The standard InChI is InChI=1S/C11H20O5/c1-14-4-5-15-6-7-16-9-11(2-3-11)8-10(12)13/h2-9H2,1H3,(H,12,13). The first kappa shape index (κ1) is 13.4. The van der Waals surface area contributed by atoms with Crippen LogP contribution in [0, 0.1) is 5.41 Å². The van der Waals surface area contributed by atoms with Gasteiger partial charge in [0, 0.05) is 12.5 Å². The van der Waals surface area contributed by atoms with E-state index in [9.17, 15) is 4.79 Å². The third-order valence-corrected chi connectivity index (χ3v) is 2.70. The average molecular weight is 232 g/mol. The van der Waals surface area contributed by atoms with Gasteiger partial charge in [0.2, 0.25) is 0 Å². The summed E-state index contributed by atoms with van der Waals surface area (Å²) in [5, 5.41) is 8.69. The molecule has 0 atom stereocenters. The SMILES string of the molecule is COCCOCCOCC1(CC(=O)O)CC1. The van der Waals surface area contributed by atoms with Gasteiger partial charge >= 0.3 is 5.97 Å². The van der Waals surface area contributed by atoms with Crippen molar-refractivity contribution in [2.75, 3.05) is 40.1 Å². The molecular weight excluding hydrogens is 212 g/mol. The first-order chi connectivity index (χ1) is 7.68. The minimum Gasteiger partial charge on any atom is -0.481 e. The molecule has 1 aliphatic rings. The van der Waals surface area contributed by atoms with Crippen LogP contribution in [-0.4, -0.2) is 51.2 Å². The predicted molar refractivity (Wildman–Crippen MR) is 57.4 cm³/mol. The highest BCUT2D eigenvalue weighted by molar-refractivity contribution is 5.68. The number of ether oxygens (including phenoxy) is 3. The van der Waals surface area contributed by atoms with Crippen molar-refractivity contribution >= 4 is 5.97 Å². The van der Waals surface area contributed by atoms with Crippen LogP contribution in [0.3, 0.4) is 0 Å². The Labute approximate surface area is 95.7 Å². The number of aliphatic carboxylic acids is 1. The summed E-state index contributed by atoms with van der Waals surface area (Å²) in [5.74, 6) is -0.738. The Kier molecular flexibility index (Phi) is 5.73. The van der Waals surface area contributed by atoms with E-state index >= 15 is 0 Å². The van der Waals surface area contributed by atoms with Gasteiger partial charge in [-0.05, 0) is 12.8 Å². The summed E-state index contributed by atoms with van der Waals surface area (Å²) in [7, 11) is 1.63. The Hall–Kier alpha value is -0.650. The number of carboxylic acids is 1. The van der Waals surface area contributed by atoms with Crippen molar-refractivity contribution < 1.29 is 24.1 Å². The maximum Gasteiger partial charge on any atom is 0.303 e. The zero-order chi connectivity index (χ0) is 11.9. The third-order valence-electron chi connectivity index (χ3n) is 2.70. The number of hydrogen-bond acceptors (Lipinski definition) is 4. The van der Waals surface area contributed by atoms with Crippen molar-refractivity contribution in [2.45, 2.75) is 19.3 Å². The molecule has 0 aromatic rings. The van der Waals surface area contributed by atoms with Crippen LogP contribution in [0.25, 0.3) is 0 Å². The van der Waals surface area contributed by atoms with Crippen molar-refractivity contribution in [3.05, 3.63) is 0 Å². The molecular formula is C11H20O5. The van der Waals surface area contributed by atoms with Gasteiger partial charge in [0.15, 0.2) is 0 Å². The number of rotatable bonds is 10. The topological polar surface area (TPSA) is 65.0 Å². The zero-order valence-electron chi connectivity index (χ0n) is 9.74. The molecule has 5 nitrogen and oxygen atoms in total. The molecule has 0 spiro atoms. The van der Waals surface area contributed by atoms with Crippen LogP contribution in [0.1, 0.15) is 19.3 Å². The Morgan fingerprint density at radius 1 is 1.19 bits per heavy atom. The smallest absolute Gasteiger partial charge is 0.303 e. The lowest BCUT2D eigenvalue weighted by Crippen LogP contribution is -2.17. The van der Waals surface area contributed by atoms with Gasteiger partial charge in [-0.25, -0.2) is 0 Å². The largest absolute Gasteiger partial charge is 0.481 e. The van der Waals surface area contributed by atoms with Crippen LogP contribution >= 0.6 is 0 Å². The zero-order valence-corrected chi connectivity index (χ0v) is 9.74. The molecule has 0 aromatic heterocycles. The van der Waals surface area contributed by atoms with Gasteiger partial charge in [0.25, 0.3) is 0 Å². The normalized spacial score (nSPS) is 17.3. The van der Waals surface area contributed by atoms with Gasteiger partial charge in [-0.2, -0.15) is 0 Å². The summed E-state index contributed by atoms with van der Waals surface area (Å²) >= 11 is 0. The van der Waals surface area contributed by atoms with E-state index in [1.807, 2.05) is 0 Å². The molecule has 0 amide bonds. The summed E-state index contributed by atoms with van der Waals surface area (Å²) in [5.41, 5.74) is -0.0850. The van der Waals surface area contributed by atoms with Crippen LogP contribution in [0.2, 0.25) is 0 Å². The monoisotopic (exact) mass is 232 g/mol. The number of hydrogen-bond donors (Lipinski definition) is 1. The molecule has 0 bridgehead atoms. The second-order valence-corrected chi connectivity index (χ2v) is 4.23. The summed E-state index contributed by atoms with van der Waals surface area (Å²) in [6, 6.07) is 0. The van der Waals surface area contributed by atoms with E-state index in [-0.39, 0.29) is 11.8 Å². The Morgan fingerprint density at radius 3 is 2.38 bits per heavy atom. The van der Waals surface area contributed by atoms with Crippen molar-refractivity contribution in [2.24, 2.45) is 5.41 Å². The second-order valence-electron chi connectivity index (χ2n) is 4.23. The fourth-order valence-electron chi connectivity index (χ4n) is 1.52. The second kappa shape index (κ2) is 6.83. The molecule has 5 heteroatoms. The Bertz CT molecular complexity index is 212. The highest BCUT2D eigenvalue weighted by Gasteiger charge is 2.44. The summed E-state index contributed by atoms with van der Waals surface area (Å²) in [6.45, 7) is 2.74. The summed E-state index contributed by atoms with van der Waals surface area (Å²) in [6.07, 6.45) is 2.14. The van der Waals surface area contributed by atoms with Crippen LogP contribution < -0.4 is 0 Å². The molecule has 0 radical (unpaired) electrons. The van der Waals surface area contributed by atoms with Crippen molar-refractivity contribution in [3.63, 3.8) is 0 Å². The minimum atomic E-state index is -0.738. The van der Waals surface area contributed by atoms with E-state index < -0.39 is 5.97 Å². The molecule has 0 aliphatic heterocycles. The lowest BCUT2D eigenvalue weighted by atomic mass is 10.0. The predicted octanol–water partition coefficient (Wildman–Crippen LogP) is 0.921. The fraction of sp³-hybridized carbons (Fsp3) is 0.909. The number of carboxylic acid groups (broad SMARTS) is 1. The lowest BCUT2D eigenvalue weighted by Gasteiger charge is -2.12. The molecule has 1 N–H and O–H groups in total. The van der Waals surface area contributed by atoms with Gasteiger partial charge < -0.3 is 19.3 Å². The van der Waals surface area contributed by atoms with Crippen molar-refractivity contribution in [3.8, 4) is 0 Å². The van der Waals surface area contributed by atoms with Gasteiger partial charge in [0.05, 0.1) is 39.5 Å². The average Bonchev–Trinajstić information content (AvgIpc) is 2.96. The Balaban J connectivity index is 1.93. The maximum atomic E-state index is 10.6. The Morgan fingerprint density at radius 2 is 1.81 bits per heavy atom. The quantitative estimate of drug-likeness (QED) is 0.567. The molecule has 0 saturated heterocycles. The van der Waals surface area contributed by atoms with E-state index in [0.717, 1.165) is 12.8 Å². The molecule has 1 fully saturated rings. The van der Waals surface area contributed by atoms with Crippen LogP contribution in [0.4, 0.5) is 0 Å². The molecule has 0 aromatic carbocycles. The molecule has 1 saturated carbocycles. The van der Waals surface area contributed by atoms with Crippen LogP contribution in [0.15, 0.2) is 0 Å². The number of methoxy groups -OCH3 is 1. The van der Waals surface area contributed by atoms with Crippen LogP contribution in [-0.2, 0) is 19.0 Å². The van der Waals surface area contributed by atoms with Gasteiger partial charge in [-0.3, -0.25) is 4.79 Å². The number of carbonyl (C=O) groups is 1. The third kappa shape index (κ3) is 5.44. The lowest BCUT2D eigenvalue weighted by molar-refractivity contribution is -0.139. The van der Waals surface area contributed by atoms with Crippen LogP contribution in [0.5, 0.6) is 0 Å². The first-order valence-corrected chi connectivity index (χ1v) is 5.55. The van der Waals surface area contributed by atoms with E-state index in [4.69, 9.17) is 19.3 Å². The van der Waals surface area contributed by atoms with Gasteiger partial charge in [0.1, 0.15) is 0 Å². The summed E-state index contributed by atoms with van der Waals surface area (Å²) in [4.78, 5) is 10.6.